The standard InChI is InChI=1S/C20H19F3N4O.ClH/c21-20(22,23)14-5-3-12(4-6-14)16-9-26-19(15-2-1-7-25-18(15)16)27-17-10-24-8-13(17)11-28;/h1-7,9,13,17,24,28H,8,10-11H2,(H,26,27);1H/t13-,17+;/m0./s1. The molecule has 3 aromatic rings. The van der Waals surface area contributed by atoms with Gasteiger partial charge < -0.3 is 15.7 Å². The van der Waals surface area contributed by atoms with E-state index < -0.39 is 11.7 Å². The molecule has 154 valence electrons. The van der Waals surface area contributed by atoms with Crippen LogP contribution in [-0.2, 0) is 6.18 Å². The summed E-state index contributed by atoms with van der Waals surface area (Å²) in [5, 5.41) is 16.9. The molecule has 0 bridgehead atoms. The average Bonchev–Trinajstić information content (AvgIpc) is 3.15. The highest BCUT2D eigenvalue weighted by Crippen LogP contribution is 2.34. The van der Waals surface area contributed by atoms with Crippen molar-refractivity contribution in [3.05, 3.63) is 54.4 Å². The van der Waals surface area contributed by atoms with Gasteiger partial charge in [0.05, 0.1) is 11.1 Å². The lowest BCUT2D eigenvalue weighted by molar-refractivity contribution is -0.137. The first-order chi connectivity index (χ1) is 13.5. The Morgan fingerprint density at radius 2 is 1.86 bits per heavy atom. The number of anilines is 1. The van der Waals surface area contributed by atoms with Crippen molar-refractivity contribution in [3.8, 4) is 11.1 Å². The zero-order valence-electron chi connectivity index (χ0n) is 15.3. The van der Waals surface area contributed by atoms with E-state index in [0.29, 0.717) is 22.5 Å². The SMILES string of the molecule is Cl.OC[C@@H]1CNC[C@H]1Nc1ncc(-c2ccc(C(F)(F)F)cc2)c2ncccc12. The summed E-state index contributed by atoms with van der Waals surface area (Å²) < 4.78 is 38.5. The Balaban J connectivity index is 0.00000240. The van der Waals surface area contributed by atoms with Crippen LogP contribution in [0.15, 0.2) is 48.8 Å². The van der Waals surface area contributed by atoms with Crippen LogP contribution in [0.5, 0.6) is 0 Å². The molecule has 0 spiro atoms. The summed E-state index contributed by atoms with van der Waals surface area (Å²) >= 11 is 0. The van der Waals surface area contributed by atoms with Crippen molar-refractivity contribution in [1.29, 1.82) is 0 Å². The first kappa shape index (κ1) is 21.3. The van der Waals surface area contributed by atoms with Crippen molar-refractivity contribution in [2.45, 2.75) is 12.2 Å². The van der Waals surface area contributed by atoms with Crippen molar-refractivity contribution in [2.24, 2.45) is 5.92 Å². The number of hydrogen-bond acceptors (Lipinski definition) is 5. The molecule has 2 atom stereocenters. The van der Waals surface area contributed by atoms with Crippen LogP contribution >= 0.6 is 12.4 Å². The number of nitrogens with zero attached hydrogens (tertiary/aromatic N) is 2. The summed E-state index contributed by atoms with van der Waals surface area (Å²) in [6.07, 6.45) is -1.10. The fourth-order valence-corrected chi connectivity index (χ4v) is 3.51. The topological polar surface area (TPSA) is 70.1 Å². The second-order valence-electron chi connectivity index (χ2n) is 6.85. The van der Waals surface area contributed by atoms with E-state index in [1.165, 1.54) is 12.1 Å². The lowest BCUT2D eigenvalue weighted by Crippen LogP contribution is -2.30. The molecule has 2 aromatic heterocycles. The summed E-state index contributed by atoms with van der Waals surface area (Å²) in [5.74, 6) is 0.731. The quantitative estimate of drug-likeness (QED) is 0.595. The van der Waals surface area contributed by atoms with Gasteiger partial charge in [0, 0.05) is 55.0 Å². The first-order valence-electron chi connectivity index (χ1n) is 8.97. The van der Waals surface area contributed by atoms with Crippen LogP contribution in [0, 0.1) is 5.92 Å². The van der Waals surface area contributed by atoms with Crippen LogP contribution in [0.3, 0.4) is 0 Å². The Morgan fingerprint density at radius 3 is 2.55 bits per heavy atom. The molecule has 0 radical (unpaired) electrons. The van der Waals surface area contributed by atoms with Gasteiger partial charge in [0.25, 0.3) is 0 Å². The van der Waals surface area contributed by atoms with E-state index in [9.17, 15) is 18.3 Å². The van der Waals surface area contributed by atoms with Gasteiger partial charge in [0.15, 0.2) is 0 Å². The van der Waals surface area contributed by atoms with Gasteiger partial charge in [-0.1, -0.05) is 12.1 Å². The van der Waals surface area contributed by atoms with E-state index in [0.717, 1.165) is 30.6 Å². The first-order valence-corrected chi connectivity index (χ1v) is 8.97. The molecule has 1 fully saturated rings. The van der Waals surface area contributed by atoms with E-state index in [1.807, 2.05) is 6.07 Å². The number of halogens is 4. The zero-order valence-corrected chi connectivity index (χ0v) is 16.1. The highest BCUT2D eigenvalue weighted by Gasteiger charge is 2.30. The van der Waals surface area contributed by atoms with Crippen LogP contribution in [-0.4, -0.2) is 40.8 Å². The molecule has 0 aliphatic carbocycles. The Labute approximate surface area is 171 Å². The molecular formula is C20H20ClF3N4O. The predicted molar refractivity (Wildman–Crippen MR) is 108 cm³/mol. The number of alkyl halides is 3. The number of benzene rings is 1. The van der Waals surface area contributed by atoms with Gasteiger partial charge in [-0.3, -0.25) is 4.98 Å². The number of aliphatic hydroxyl groups is 1. The van der Waals surface area contributed by atoms with Crippen LogP contribution < -0.4 is 10.6 Å². The molecule has 0 saturated carbocycles. The normalized spacial score (nSPS) is 19.2. The number of pyridine rings is 2. The molecule has 29 heavy (non-hydrogen) atoms. The minimum Gasteiger partial charge on any atom is -0.396 e. The Hall–Kier alpha value is -2.42. The number of fused-ring (bicyclic) bond motifs is 1. The monoisotopic (exact) mass is 424 g/mol. The summed E-state index contributed by atoms with van der Waals surface area (Å²) in [4.78, 5) is 8.94. The van der Waals surface area contributed by atoms with Gasteiger partial charge >= 0.3 is 6.18 Å². The maximum atomic E-state index is 12.8. The second kappa shape index (κ2) is 8.52. The number of aliphatic hydroxyl groups excluding tert-OH is 1. The predicted octanol–water partition coefficient (Wildman–Crippen LogP) is 3.73. The largest absolute Gasteiger partial charge is 0.416 e. The van der Waals surface area contributed by atoms with Gasteiger partial charge in [-0.2, -0.15) is 13.2 Å². The highest BCUT2D eigenvalue weighted by molar-refractivity contribution is 5.99. The highest BCUT2D eigenvalue weighted by atomic mass is 35.5. The molecule has 3 heterocycles. The molecule has 9 heteroatoms. The van der Waals surface area contributed by atoms with Gasteiger partial charge in [-0.05, 0) is 29.8 Å². The van der Waals surface area contributed by atoms with Gasteiger partial charge in [-0.25, -0.2) is 4.98 Å². The third kappa shape index (κ3) is 4.29. The van der Waals surface area contributed by atoms with Crippen LogP contribution in [0.25, 0.3) is 22.0 Å². The molecule has 0 amide bonds. The molecule has 1 aliphatic heterocycles. The maximum absolute atomic E-state index is 12.8. The van der Waals surface area contributed by atoms with Crippen molar-refractivity contribution in [2.75, 3.05) is 25.0 Å². The smallest absolute Gasteiger partial charge is 0.396 e. The van der Waals surface area contributed by atoms with Crippen LogP contribution in [0.2, 0.25) is 0 Å². The zero-order chi connectivity index (χ0) is 19.7. The average molecular weight is 425 g/mol. The fraction of sp³-hybridized carbons (Fsp3) is 0.300. The van der Waals surface area contributed by atoms with E-state index in [4.69, 9.17) is 0 Å². The summed E-state index contributed by atoms with van der Waals surface area (Å²) in [6, 6.07) is 8.70. The lowest BCUT2D eigenvalue weighted by atomic mass is 10.0. The minimum absolute atomic E-state index is 0. The van der Waals surface area contributed by atoms with Crippen molar-refractivity contribution >= 4 is 29.1 Å². The van der Waals surface area contributed by atoms with E-state index in [1.54, 1.807) is 18.5 Å². The molecular weight excluding hydrogens is 405 g/mol. The third-order valence-electron chi connectivity index (χ3n) is 5.06. The summed E-state index contributed by atoms with van der Waals surface area (Å²) in [7, 11) is 0. The van der Waals surface area contributed by atoms with Gasteiger partial charge in [0.2, 0.25) is 0 Å². The molecule has 1 saturated heterocycles. The summed E-state index contributed by atoms with van der Waals surface area (Å²) in [5.41, 5.74) is 1.25. The van der Waals surface area contributed by atoms with Crippen LogP contribution in [0.1, 0.15) is 5.56 Å². The Bertz CT molecular complexity index is 982. The second-order valence-corrected chi connectivity index (χ2v) is 6.85. The molecule has 4 rings (SSSR count). The van der Waals surface area contributed by atoms with E-state index in [2.05, 4.69) is 20.6 Å². The van der Waals surface area contributed by atoms with Crippen LogP contribution in [0.4, 0.5) is 19.0 Å². The molecule has 0 unspecified atom stereocenters. The minimum atomic E-state index is -4.37. The van der Waals surface area contributed by atoms with E-state index in [-0.39, 0.29) is 31.0 Å². The third-order valence-corrected chi connectivity index (χ3v) is 5.06. The van der Waals surface area contributed by atoms with E-state index >= 15 is 0 Å². The summed E-state index contributed by atoms with van der Waals surface area (Å²) in [6.45, 7) is 1.52. The van der Waals surface area contributed by atoms with Gasteiger partial charge in [0.1, 0.15) is 5.82 Å². The van der Waals surface area contributed by atoms with Gasteiger partial charge in [-0.15, -0.1) is 12.4 Å². The number of rotatable bonds is 4. The lowest BCUT2D eigenvalue weighted by Gasteiger charge is -2.20. The molecule has 3 N–H and O–H groups in total. The van der Waals surface area contributed by atoms with Crippen molar-refractivity contribution < 1.29 is 18.3 Å². The number of nitrogens with one attached hydrogen (secondary N) is 2. The number of aromatic nitrogens is 2. The molecule has 5 nitrogen and oxygen atoms in total. The fourth-order valence-electron chi connectivity index (χ4n) is 3.51. The Kier molecular flexibility index (Phi) is 6.26. The number of hydrogen-bond donors (Lipinski definition) is 3. The van der Waals surface area contributed by atoms with Crippen molar-refractivity contribution in [1.82, 2.24) is 15.3 Å². The molecule has 1 aromatic carbocycles. The van der Waals surface area contributed by atoms with Crippen molar-refractivity contribution in [3.63, 3.8) is 0 Å². The molecule has 1 aliphatic rings. The maximum Gasteiger partial charge on any atom is 0.416 e. The Morgan fingerprint density at radius 1 is 1.10 bits per heavy atom.